The molecule has 7 nitrogen and oxygen atoms in total. The maximum atomic E-state index is 13.0. The van der Waals surface area contributed by atoms with Gasteiger partial charge in [-0.05, 0) is 49.3 Å². The summed E-state index contributed by atoms with van der Waals surface area (Å²) in [4.78, 5) is 38.8. The SMILES string of the molecule is O=C(CCn1c(=S)[nH]c2ccccc2c1=O)N1CCCC1c1nc2ccccc2[nH]1. The maximum absolute atomic E-state index is 13.0. The first kappa shape index (κ1) is 18.7. The molecule has 5 rings (SSSR count). The molecule has 2 aromatic carbocycles. The second-order valence-electron chi connectivity index (χ2n) is 7.57. The van der Waals surface area contributed by atoms with Gasteiger partial charge in [0.15, 0.2) is 4.77 Å². The Bertz CT molecular complexity index is 1340. The van der Waals surface area contributed by atoms with Crippen molar-refractivity contribution in [3.05, 3.63) is 69.5 Å². The van der Waals surface area contributed by atoms with Crippen LogP contribution < -0.4 is 5.56 Å². The third kappa shape index (κ3) is 3.23. The van der Waals surface area contributed by atoms with Gasteiger partial charge >= 0.3 is 0 Å². The van der Waals surface area contributed by atoms with Crippen molar-refractivity contribution in [2.24, 2.45) is 0 Å². The van der Waals surface area contributed by atoms with Crippen molar-refractivity contribution in [3.8, 4) is 0 Å². The van der Waals surface area contributed by atoms with Crippen LogP contribution in [0, 0.1) is 4.77 Å². The van der Waals surface area contributed by atoms with Gasteiger partial charge < -0.3 is 14.9 Å². The highest BCUT2D eigenvalue weighted by Crippen LogP contribution is 2.31. The zero-order valence-corrected chi connectivity index (χ0v) is 17.1. The fourth-order valence-corrected chi connectivity index (χ4v) is 4.52. The molecule has 0 bridgehead atoms. The highest BCUT2D eigenvalue weighted by Gasteiger charge is 2.31. The number of nitrogens with one attached hydrogen (secondary N) is 2. The second kappa shape index (κ2) is 7.53. The van der Waals surface area contributed by atoms with Crippen LogP contribution in [0.3, 0.4) is 0 Å². The molecule has 1 amide bonds. The minimum atomic E-state index is -0.169. The molecule has 1 aliphatic rings. The lowest BCUT2D eigenvalue weighted by Crippen LogP contribution is -2.33. The predicted molar refractivity (Wildman–Crippen MR) is 118 cm³/mol. The molecule has 8 heteroatoms. The quantitative estimate of drug-likeness (QED) is 0.494. The van der Waals surface area contributed by atoms with Gasteiger partial charge in [0.1, 0.15) is 5.82 Å². The van der Waals surface area contributed by atoms with E-state index in [9.17, 15) is 9.59 Å². The summed E-state index contributed by atoms with van der Waals surface area (Å²) >= 11 is 5.36. The van der Waals surface area contributed by atoms with Gasteiger partial charge in [-0.15, -0.1) is 0 Å². The maximum Gasteiger partial charge on any atom is 0.262 e. The molecular formula is C22H21N5O2S. The number of carbonyl (C=O) groups is 1. The zero-order chi connectivity index (χ0) is 20.7. The smallest absolute Gasteiger partial charge is 0.262 e. The van der Waals surface area contributed by atoms with Gasteiger partial charge in [-0.2, -0.15) is 0 Å². The van der Waals surface area contributed by atoms with Gasteiger partial charge in [0.2, 0.25) is 5.91 Å². The normalized spacial score (nSPS) is 16.5. The van der Waals surface area contributed by atoms with Gasteiger partial charge in [0.25, 0.3) is 5.56 Å². The number of H-pyrrole nitrogens is 2. The van der Waals surface area contributed by atoms with Crippen molar-refractivity contribution >= 4 is 40.1 Å². The lowest BCUT2D eigenvalue weighted by molar-refractivity contribution is -0.132. The number of fused-ring (bicyclic) bond motifs is 2. The minimum Gasteiger partial charge on any atom is -0.340 e. The Hall–Kier alpha value is -3.26. The van der Waals surface area contributed by atoms with E-state index in [1.54, 1.807) is 6.07 Å². The summed E-state index contributed by atoms with van der Waals surface area (Å²) in [7, 11) is 0. The van der Waals surface area contributed by atoms with Crippen LogP contribution >= 0.6 is 12.2 Å². The first-order chi connectivity index (χ1) is 14.6. The predicted octanol–water partition coefficient (Wildman–Crippen LogP) is 3.69. The second-order valence-corrected chi connectivity index (χ2v) is 7.95. The van der Waals surface area contributed by atoms with Crippen LogP contribution in [0.15, 0.2) is 53.3 Å². The van der Waals surface area contributed by atoms with Gasteiger partial charge in [0, 0.05) is 19.5 Å². The number of hydrogen-bond acceptors (Lipinski definition) is 4. The number of rotatable bonds is 4. The van der Waals surface area contributed by atoms with E-state index in [0.29, 0.717) is 22.2 Å². The Kier molecular flexibility index (Phi) is 4.71. The molecule has 1 atom stereocenters. The first-order valence-corrected chi connectivity index (χ1v) is 10.5. The van der Waals surface area contributed by atoms with Crippen molar-refractivity contribution in [1.82, 2.24) is 24.4 Å². The van der Waals surface area contributed by atoms with E-state index in [1.807, 2.05) is 47.4 Å². The van der Waals surface area contributed by atoms with Crippen LogP contribution in [-0.4, -0.2) is 36.9 Å². The molecule has 3 heterocycles. The van der Waals surface area contributed by atoms with Crippen LogP contribution in [0.4, 0.5) is 0 Å². The van der Waals surface area contributed by atoms with Gasteiger partial charge in [-0.1, -0.05) is 24.3 Å². The van der Waals surface area contributed by atoms with Crippen LogP contribution in [0.25, 0.3) is 21.9 Å². The Morgan fingerprint density at radius 3 is 2.70 bits per heavy atom. The molecule has 152 valence electrons. The zero-order valence-electron chi connectivity index (χ0n) is 16.3. The number of likely N-dealkylation sites (tertiary alicyclic amines) is 1. The standard InChI is InChI=1S/C22H21N5O2S/c28-19(11-13-27-21(29)14-6-1-2-7-15(14)25-22(27)30)26-12-5-10-18(26)20-23-16-8-3-4-9-17(16)24-20/h1-4,6-9,18H,5,10-13H2,(H,23,24)(H,25,30). The number of nitrogens with zero attached hydrogens (tertiary/aromatic N) is 3. The van der Waals surface area contributed by atoms with E-state index < -0.39 is 0 Å². The minimum absolute atomic E-state index is 0.00687. The molecule has 2 aromatic heterocycles. The monoisotopic (exact) mass is 419 g/mol. The van der Waals surface area contributed by atoms with Crippen LogP contribution in [-0.2, 0) is 11.3 Å². The Balaban J connectivity index is 1.37. The summed E-state index contributed by atoms with van der Waals surface area (Å²) < 4.78 is 1.81. The topological polar surface area (TPSA) is 86.8 Å². The highest BCUT2D eigenvalue weighted by molar-refractivity contribution is 7.71. The summed E-state index contributed by atoms with van der Waals surface area (Å²) in [6.45, 7) is 0.946. The van der Waals surface area contributed by atoms with E-state index >= 15 is 0 Å². The Morgan fingerprint density at radius 2 is 1.87 bits per heavy atom. The molecule has 0 aliphatic carbocycles. The molecular weight excluding hydrogens is 398 g/mol. The van der Waals surface area contributed by atoms with Crippen molar-refractivity contribution < 1.29 is 4.79 Å². The summed E-state index contributed by atoms with van der Waals surface area (Å²) in [5.74, 6) is 0.828. The van der Waals surface area contributed by atoms with Crippen LogP contribution in [0.5, 0.6) is 0 Å². The fourth-order valence-electron chi connectivity index (χ4n) is 4.23. The molecule has 0 radical (unpaired) electrons. The molecule has 1 unspecified atom stereocenters. The van der Waals surface area contributed by atoms with Gasteiger partial charge in [0.05, 0.1) is 28.0 Å². The van der Waals surface area contributed by atoms with Crippen molar-refractivity contribution in [3.63, 3.8) is 0 Å². The van der Waals surface area contributed by atoms with E-state index in [0.717, 1.165) is 29.7 Å². The largest absolute Gasteiger partial charge is 0.340 e. The lowest BCUT2D eigenvalue weighted by Gasteiger charge is -2.23. The number of aromatic nitrogens is 4. The Labute approximate surface area is 177 Å². The average molecular weight is 420 g/mol. The molecule has 1 fully saturated rings. The van der Waals surface area contributed by atoms with Gasteiger partial charge in [-0.25, -0.2) is 4.98 Å². The van der Waals surface area contributed by atoms with E-state index in [4.69, 9.17) is 12.2 Å². The first-order valence-electron chi connectivity index (χ1n) is 10.1. The van der Waals surface area contributed by atoms with E-state index in [1.165, 1.54) is 4.57 Å². The van der Waals surface area contributed by atoms with Crippen molar-refractivity contribution in [2.45, 2.75) is 31.8 Å². The average Bonchev–Trinajstić information content (AvgIpc) is 3.40. The fraction of sp³-hybridized carbons (Fsp3) is 0.273. The van der Waals surface area contributed by atoms with Gasteiger partial charge in [-0.3, -0.25) is 14.2 Å². The molecule has 4 aromatic rings. The molecule has 1 aliphatic heterocycles. The summed E-state index contributed by atoms with van der Waals surface area (Å²) in [6, 6.07) is 15.1. The number of amides is 1. The molecule has 2 N–H and O–H groups in total. The highest BCUT2D eigenvalue weighted by atomic mass is 32.1. The lowest BCUT2D eigenvalue weighted by atomic mass is 10.2. The molecule has 0 spiro atoms. The van der Waals surface area contributed by atoms with Crippen molar-refractivity contribution in [1.29, 1.82) is 0 Å². The number of carbonyl (C=O) groups excluding carboxylic acids is 1. The molecule has 0 saturated carbocycles. The van der Waals surface area contributed by atoms with Crippen LogP contribution in [0.1, 0.15) is 31.1 Å². The summed E-state index contributed by atoms with van der Waals surface area (Å²) in [5, 5.41) is 0.569. The number of para-hydroxylation sites is 3. The number of aromatic amines is 2. The Morgan fingerprint density at radius 1 is 1.10 bits per heavy atom. The van der Waals surface area contributed by atoms with E-state index in [-0.39, 0.29) is 30.5 Å². The molecule has 1 saturated heterocycles. The van der Waals surface area contributed by atoms with Crippen LogP contribution in [0.2, 0.25) is 0 Å². The third-order valence-corrected chi connectivity index (χ3v) is 6.06. The summed E-state index contributed by atoms with van der Waals surface area (Å²) in [6.07, 6.45) is 2.03. The number of benzene rings is 2. The molecule has 30 heavy (non-hydrogen) atoms. The summed E-state index contributed by atoms with van der Waals surface area (Å²) in [5.41, 5.74) is 2.42. The number of hydrogen-bond donors (Lipinski definition) is 2. The number of imidazole rings is 1. The van der Waals surface area contributed by atoms with E-state index in [2.05, 4.69) is 15.0 Å². The van der Waals surface area contributed by atoms with Crippen molar-refractivity contribution in [2.75, 3.05) is 6.54 Å². The third-order valence-electron chi connectivity index (χ3n) is 5.74.